The summed E-state index contributed by atoms with van der Waals surface area (Å²) in [6, 6.07) is 28.9. The van der Waals surface area contributed by atoms with E-state index in [9.17, 15) is 18.7 Å². The Morgan fingerprint density at radius 3 is 1.60 bits per heavy atom. The van der Waals surface area contributed by atoms with E-state index in [2.05, 4.69) is 0 Å². The van der Waals surface area contributed by atoms with E-state index in [0.717, 1.165) is 34.0 Å². The Morgan fingerprint density at radius 2 is 1.13 bits per heavy atom. The maximum Gasteiger partial charge on any atom is 0.181 e. The van der Waals surface area contributed by atoms with Gasteiger partial charge in [-0.3, -0.25) is 0 Å². The van der Waals surface area contributed by atoms with E-state index in [1.807, 2.05) is 36.4 Å². The average molecular weight is 817 g/mol. The van der Waals surface area contributed by atoms with Crippen LogP contribution in [0.25, 0.3) is 0 Å². The molecule has 6 nitrogen and oxygen atoms in total. The lowest BCUT2D eigenvalue weighted by molar-refractivity contribution is -0.123. The Morgan fingerprint density at radius 1 is 0.712 bits per heavy atom. The van der Waals surface area contributed by atoms with Crippen molar-refractivity contribution in [3.8, 4) is 0 Å². The number of benzene rings is 4. The molecule has 4 aromatic rings. The highest BCUT2D eigenvalue weighted by atomic mass is 35.5. The van der Waals surface area contributed by atoms with Gasteiger partial charge in [-0.05, 0) is 70.8 Å². The van der Waals surface area contributed by atoms with Crippen molar-refractivity contribution in [3.63, 3.8) is 0 Å². The Balaban J connectivity index is 0.000000233. The van der Waals surface area contributed by atoms with Crippen LogP contribution < -0.4 is 0 Å². The molecule has 1 saturated heterocycles. The van der Waals surface area contributed by atoms with Crippen LogP contribution in [0.4, 0.5) is 8.78 Å². The molecule has 0 radical (unpaired) electrons. The van der Waals surface area contributed by atoms with Crippen molar-refractivity contribution >= 4 is 64.5 Å². The smallest absolute Gasteiger partial charge is 0.181 e. The highest BCUT2D eigenvalue weighted by Crippen LogP contribution is 2.37. The first kappa shape index (κ1) is 42.5. The Kier molecular flexibility index (Phi) is 18.1. The van der Waals surface area contributed by atoms with Gasteiger partial charge in [-0.15, -0.1) is 11.8 Å². The third-order valence-electron chi connectivity index (χ3n) is 8.01. The fraction of sp³-hybridized carbons (Fsp3) is 0.359. The lowest BCUT2D eigenvalue weighted by Gasteiger charge is -2.25. The summed E-state index contributed by atoms with van der Waals surface area (Å²) >= 11 is 24.5. The highest BCUT2D eigenvalue weighted by Gasteiger charge is 2.44. The molecule has 0 aliphatic carbocycles. The summed E-state index contributed by atoms with van der Waals surface area (Å²) in [6.07, 6.45) is -4.50. The van der Waals surface area contributed by atoms with Crippen LogP contribution in [0.3, 0.4) is 0 Å². The third kappa shape index (κ3) is 14.2. The van der Waals surface area contributed by atoms with Gasteiger partial charge in [0, 0.05) is 26.0 Å². The molecule has 4 aromatic carbocycles. The molecule has 52 heavy (non-hydrogen) atoms. The van der Waals surface area contributed by atoms with Crippen LogP contribution >= 0.6 is 58.2 Å². The molecule has 1 heterocycles. The Hall–Kier alpha value is -2.28. The van der Waals surface area contributed by atoms with Crippen molar-refractivity contribution in [3.05, 3.63) is 139 Å². The first-order valence-electron chi connectivity index (χ1n) is 16.5. The van der Waals surface area contributed by atoms with Gasteiger partial charge in [0.2, 0.25) is 0 Å². The highest BCUT2D eigenvalue weighted by molar-refractivity contribution is 8.00. The van der Waals surface area contributed by atoms with Crippen molar-refractivity contribution in [1.29, 1.82) is 0 Å². The van der Waals surface area contributed by atoms with Gasteiger partial charge in [-0.1, -0.05) is 102 Å². The predicted octanol–water partition coefficient (Wildman–Crippen LogP) is 10.1. The summed E-state index contributed by atoms with van der Waals surface area (Å²) in [7, 11) is 0. The van der Waals surface area contributed by atoms with E-state index in [1.165, 1.54) is 0 Å². The number of thioether (sulfide) groups is 1. The number of aldehydes is 1. The van der Waals surface area contributed by atoms with Crippen LogP contribution in [0.5, 0.6) is 0 Å². The Bertz CT molecular complexity index is 1620. The SMILES string of the molecule is C[C@@H](COCc1ccc(Cl)cc1)[C@@H](OCc1ccc(Cl)cc1)[C@H](F)C=O.OC1S[C@H](COCc2ccc(Cl)cc2)[C@@H](OCc2ccc(Cl)cc2)[C@@H]1F. The zero-order valence-corrected chi connectivity index (χ0v) is 32.1. The van der Waals surface area contributed by atoms with Gasteiger partial charge in [-0.2, -0.15) is 0 Å². The molecule has 1 N–H and O–H groups in total. The van der Waals surface area contributed by atoms with Gasteiger partial charge in [-0.25, -0.2) is 8.78 Å². The standard InChI is InChI=1S/C20H21Cl2FO3.C19H19Cl2FO3S/c1-14(11-25-12-15-2-6-17(21)7-3-15)20(19(23)10-24)26-13-16-4-8-18(22)9-5-16;20-14-5-1-12(2-6-14)9-24-11-16-18(17(22)19(23)26-16)25-10-13-3-7-15(21)8-4-13/h2-10,14,19-20H,11-13H2,1H3;1-8,16-19,23H,9-11H2/t14-,19+,20+;16-,17+,18-,19?/m01/s1. The van der Waals surface area contributed by atoms with Gasteiger partial charge < -0.3 is 28.8 Å². The number of carbonyl (C=O) groups excluding carboxylic acids is 1. The number of hydrogen-bond acceptors (Lipinski definition) is 7. The van der Waals surface area contributed by atoms with Crippen LogP contribution in [0.2, 0.25) is 20.1 Å². The molecule has 0 aromatic heterocycles. The van der Waals surface area contributed by atoms with E-state index in [0.29, 0.717) is 33.3 Å². The minimum atomic E-state index is -1.71. The lowest BCUT2D eigenvalue weighted by Crippen LogP contribution is -2.35. The van der Waals surface area contributed by atoms with Crippen LogP contribution in [-0.4, -0.2) is 59.8 Å². The maximum atomic E-state index is 14.3. The van der Waals surface area contributed by atoms with Crippen molar-refractivity contribution in [2.45, 2.75) is 68.6 Å². The number of rotatable bonds is 17. The minimum absolute atomic E-state index is 0.192. The van der Waals surface area contributed by atoms with E-state index in [1.54, 1.807) is 67.6 Å². The molecular formula is C39H40Cl4F2O6S. The monoisotopic (exact) mass is 814 g/mol. The fourth-order valence-corrected chi connectivity index (χ4v) is 6.86. The first-order chi connectivity index (χ1) is 25.0. The molecule has 1 fully saturated rings. The molecule has 13 heteroatoms. The van der Waals surface area contributed by atoms with Gasteiger partial charge >= 0.3 is 0 Å². The molecule has 280 valence electrons. The molecule has 7 atom stereocenters. The maximum absolute atomic E-state index is 14.3. The number of hydrogen-bond donors (Lipinski definition) is 1. The molecule has 0 amide bonds. The zero-order chi connectivity index (χ0) is 37.5. The fourth-order valence-electron chi connectivity index (χ4n) is 5.14. The number of alkyl halides is 2. The number of carbonyl (C=O) groups is 1. The molecule has 1 aliphatic rings. The summed E-state index contributed by atoms with van der Waals surface area (Å²) in [5.41, 5.74) is 2.59. The second-order valence-electron chi connectivity index (χ2n) is 12.2. The number of ether oxygens (including phenoxy) is 4. The average Bonchev–Trinajstić information content (AvgIpc) is 3.41. The van der Waals surface area contributed by atoms with Crippen molar-refractivity contribution < 1.29 is 37.6 Å². The van der Waals surface area contributed by atoms with Crippen LogP contribution in [-0.2, 0) is 50.2 Å². The Labute approximate surface area is 327 Å². The van der Waals surface area contributed by atoms with Gasteiger partial charge in [0.1, 0.15) is 17.6 Å². The molecule has 1 aliphatic heterocycles. The van der Waals surface area contributed by atoms with Crippen molar-refractivity contribution in [2.24, 2.45) is 5.92 Å². The molecule has 0 saturated carbocycles. The van der Waals surface area contributed by atoms with Gasteiger partial charge in [0.05, 0.1) is 44.9 Å². The van der Waals surface area contributed by atoms with E-state index < -0.39 is 30.0 Å². The predicted molar refractivity (Wildman–Crippen MR) is 205 cm³/mol. The lowest BCUT2D eigenvalue weighted by atomic mass is 10.0. The third-order valence-corrected chi connectivity index (χ3v) is 10.3. The number of halogens is 6. The second-order valence-corrected chi connectivity index (χ2v) is 15.3. The molecule has 5 rings (SSSR count). The number of aliphatic hydroxyl groups excluding tert-OH is 1. The normalized spacial score (nSPS) is 20.1. The van der Waals surface area contributed by atoms with Crippen molar-refractivity contribution in [1.82, 2.24) is 0 Å². The summed E-state index contributed by atoms with van der Waals surface area (Å²) in [4.78, 5) is 10.9. The van der Waals surface area contributed by atoms with E-state index in [-0.39, 0.29) is 43.9 Å². The molecular weight excluding hydrogens is 776 g/mol. The summed E-state index contributed by atoms with van der Waals surface area (Å²) in [5.74, 6) is -0.296. The molecule has 0 bridgehead atoms. The van der Waals surface area contributed by atoms with Crippen LogP contribution in [0, 0.1) is 5.92 Å². The summed E-state index contributed by atoms with van der Waals surface area (Å²) < 4.78 is 51.1. The largest absolute Gasteiger partial charge is 0.379 e. The van der Waals surface area contributed by atoms with Crippen LogP contribution in [0.1, 0.15) is 29.2 Å². The van der Waals surface area contributed by atoms with E-state index in [4.69, 9.17) is 65.4 Å². The summed E-state index contributed by atoms with van der Waals surface area (Å²) in [5, 5.41) is 12.1. The summed E-state index contributed by atoms with van der Waals surface area (Å²) in [6.45, 7) is 3.57. The van der Waals surface area contributed by atoms with Gasteiger partial charge in [0.15, 0.2) is 18.6 Å². The van der Waals surface area contributed by atoms with Gasteiger partial charge in [0.25, 0.3) is 0 Å². The molecule has 1 unspecified atom stereocenters. The topological polar surface area (TPSA) is 74.2 Å². The number of aliphatic hydroxyl groups is 1. The second kappa shape index (κ2) is 22.2. The van der Waals surface area contributed by atoms with Crippen molar-refractivity contribution in [2.75, 3.05) is 13.2 Å². The quantitative estimate of drug-likeness (QED) is 0.106. The minimum Gasteiger partial charge on any atom is -0.379 e. The van der Waals surface area contributed by atoms with Crippen LogP contribution in [0.15, 0.2) is 97.1 Å². The zero-order valence-electron chi connectivity index (χ0n) is 28.3. The van der Waals surface area contributed by atoms with E-state index >= 15 is 0 Å². The molecule has 0 spiro atoms. The first-order valence-corrected chi connectivity index (χ1v) is 18.9.